The van der Waals surface area contributed by atoms with E-state index in [1.165, 1.54) is 0 Å². The number of carbonyl (C=O) groups excluding carboxylic acids is 1. The van der Waals surface area contributed by atoms with E-state index in [2.05, 4.69) is 10.3 Å². The SMILES string of the molecule is Cc1ccc(Cl)cc1NC(=O)c1cccc(-c2cc(CN)ccn2)c1.Cl. The van der Waals surface area contributed by atoms with E-state index >= 15 is 0 Å². The van der Waals surface area contributed by atoms with E-state index in [9.17, 15) is 4.79 Å². The number of hydrogen-bond acceptors (Lipinski definition) is 3. The molecular formula is C20H19Cl2N3O. The van der Waals surface area contributed by atoms with E-state index in [0.29, 0.717) is 22.8 Å². The Morgan fingerprint density at radius 1 is 1.15 bits per heavy atom. The zero-order valence-electron chi connectivity index (χ0n) is 14.2. The summed E-state index contributed by atoms with van der Waals surface area (Å²) in [7, 11) is 0. The first-order chi connectivity index (χ1) is 12.1. The van der Waals surface area contributed by atoms with Crippen molar-refractivity contribution in [1.82, 2.24) is 4.98 Å². The molecule has 6 heteroatoms. The molecule has 0 saturated carbocycles. The minimum Gasteiger partial charge on any atom is -0.326 e. The maximum absolute atomic E-state index is 12.6. The van der Waals surface area contributed by atoms with Crippen LogP contribution in [0.1, 0.15) is 21.5 Å². The predicted molar refractivity (Wildman–Crippen MR) is 109 cm³/mol. The molecule has 4 nitrogen and oxygen atoms in total. The monoisotopic (exact) mass is 387 g/mol. The minimum atomic E-state index is -0.192. The van der Waals surface area contributed by atoms with Crippen molar-refractivity contribution in [2.45, 2.75) is 13.5 Å². The molecule has 0 aliphatic heterocycles. The molecule has 0 aliphatic rings. The lowest BCUT2D eigenvalue weighted by Crippen LogP contribution is -2.12. The first kappa shape index (κ1) is 19.9. The quantitative estimate of drug-likeness (QED) is 0.672. The van der Waals surface area contributed by atoms with Gasteiger partial charge in [0.25, 0.3) is 5.91 Å². The maximum Gasteiger partial charge on any atom is 0.255 e. The van der Waals surface area contributed by atoms with Gasteiger partial charge in [-0.05, 0) is 54.4 Å². The molecule has 0 bridgehead atoms. The van der Waals surface area contributed by atoms with E-state index in [0.717, 1.165) is 22.4 Å². The molecule has 2 aromatic carbocycles. The van der Waals surface area contributed by atoms with Crippen LogP contribution < -0.4 is 11.1 Å². The molecule has 3 rings (SSSR count). The highest BCUT2D eigenvalue weighted by molar-refractivity contribution is 6.31. The Hall–Kier alpha value is -2.40. The van der Waals surface area contributed by atoms with Crippen LogP contribution in [0.2, 0.25) is 5.02 Å². The third-order valence-electron chi connectivity index (χ3n) is 3.93. The Balaban J connectivity index is 0.00000243. The lowest BCUT2D eigenvalue weighted by Gasteiger charge is -2.10. The number of amides is 1. The fourth-order valence-electron chi connectivity index (χ4n) is 2.50. The highest BCUT2D eigenvalue weighted by atomic mass is 35.5. The van der Waals surface area contributed by atoms with E-state index in [1.807, 2.05) is 43.3 Å². The van der Waals surface area contributed by atoms with Crippen LogP contribution in [0.15, 0.2) is 60.8 Å². The molecule has 26 heavy (non-hydrogen) atoms. The summed E-state index contributed by atoms with van der Waals surface area (Å²) in [6.45, 7) is 2.37. The zero-order valence-corrected chi connectivity index (χ0v) is 15.8. The molecule has 0 saturated heterocycles. The Kier molecular flexibility index (Phi) is 6.75. The first-order valence-corrected chi connectivity index (χ1v) is 8.27. The Morgan fingerprint density at radius 3 is 2.73 bits per heavy atom. The van der Waals surface area contributed by atoms with Crippen LogP contribution in [0.4, 0.5) is 5.69 Å². The molecule has 1 aromatic heterocycles. The first-order valence-electron chi connectivity index (χ1n) is 7.90. The molecule has 1 heterocycles. The van der Waals surface area contributed by atoms with Crippen molar-refractivity contribution in [3.63, 3.8) is 0 Å². The molecule has 0 unspecified atom stereocenters. The van der Waals surface area contributed by atoms with Crippen molar-refractivity contribution in [1.29, 1.82) is 0 Å². The molecule has 0 radical (unpaired) electrons. The number of halogens is 2. The molecule has 0 fully saturated rings. The van der Waals surface area contributed by atoms with Crippen LogP contribution in [0.3, 0.4) is 0 Å². The molecule has 3 aromatic rings. The standard InChI is InChI=1S/C20H18ClN3O.ClH/c1-13-5-6-17(21)11-18(13)24-20(25)16-4-2-3-15(10-16)19-9-14(12-22)7-8-23-19;/h2-11H,12,22H2,1H3,(H,24,25);1H. The average Bonchev–Trinajstić information content (AvgIpc) is 2.65. The molecular weight excluding hydrogens is 369 g/mol. The smallest absolute Gasteiger partial charge is 0.255 e. The number of nitrogens with two attached hydrogens (primary N) is 1. The molecule has 0 atom stereocenters. The van der Waals surface area contributed by atoms with Crippen molar-refractivity contribution in [3.8, 4) is 11.3 Å². The number of aromatic nitrogens is 1. The van der Waals surface area contributed by atoms with Gasteiger partial charge in [0.2, 0.25) is 0 Å². The molecule has 3 N–H and O–H groups in total. The predicted octanol–water partition coefficient (Wildman–Crippen LogP) is 4.84. The summed E-state index contributed by atoms with van der Waals surface area (Å²) in [5, 5.41) is 3.49. The molecule has 0 spiro atoms. The van der Waals surface area contributed by atoms with Gasteiger partial charge in [0, 0.05) is 34.6 Å². The fourth-order valence-corrected chi connectivity index (χ4v) is 2.67. The van der Waals surface area contributed by atoms with Gasteiger partial charge in [-0.15, -0.1) is 12.4 Å². The topological polar surface area (TPSA) is 68.0 Å². The summed E-state index contributed by atoms with van der Waals surface area (Å²) in [5.74, 6) is -0.192. The van der Waals surface area contributed by atoms with Gasteiger partial charge in [-0.3, -0.25) is 9.78 Å². The second kappa shape index (κ2) is 8.81. The second-order valence-corrected chi connectivity index (χ2v) is 6.18. The van der Waals surface area contributed by atoms with Gasteiger partial charge in [-0.1, -0.05) is 29.8 Å². The summed E-state index contributed by atoms with van der Waals surface area (Å²) in [6, 6.07) is 16.6. The van der Waals surface area contributed by atoms with E-state index in [-0.39, 0.29) is 18.3 Å². The highest BCUT2D eigenvalue weighted by Gasteiger charge is 2.10. The number of benzene rings is 2. The van der Waals surface area contributed by atoms with Crippen LogP contribution >= 0.6 is 24.0 Å². The van der Waals surface area contributed by atoms with Crippen molar-refractivity contribution in [3.05, 3.63) is 82.5 Å². The molecule has 134 valence electrons. The van der Waals surface area contributed by atoms with E-state index in [1.54, 1.807) is 24.4 Å². The van der Waals surface area contributed by atoms with Gasteiger partial charge in [0.05, 0.1) is 5.69 Å². The number of anilines is 1. The number of carbonyl (C=O) groups is 1. The van der Waals surface area contributed by atoms with E-state index in [4.69, 9.17) is 17.3 Å². The number of pyridine rings is 1. The zero-order chi connectivity index (χ0) is 17.8. The van der Waals surface area contributed by atoms with Gasteiger partial charge < -0.3 is 11.1 Å². The number of hydrogen-bond donors (Lipinski definition) is 2. The summed E-state index contributed by atoms with van der Waals surface area (Å²) >= 11 is 6.01. The van der Waals surface area contributed by atoms with Crippen molar-refractivity contribution < 1.29 is 4.79 Å². The lowest BCUT2D eigenvalue weighted by molar-refractivity contribution is 0.102. The number of nitrogens with one attached hydrogen (secondary N) is 1. The lowest BCUT2D eigenvalue weighted by atomic mass is 10.1. The number of nitrogens with zero attached hydrogens (tertiary/aromatic N) is 1. The number of aryl methyl sites for hydroxylation is 1. The van der Waals surface area contributed by atoms with Crippen LogP contribution in [-0.4, -0.2) is 10.9 Å². The normalized spacial score (nSPS) is 10.1. The third kappa shape index (κ3) is 4.61. The van der Waals surface area contributed by atoms with Gasteiger partial charge in [0.1, 0.15) is 0 Å². The fraction of sp³-hybridized carbons (Fsp3) is 0.100. The average molecular weight is 388 g/mol. The Bertz CT molecular complexity index is 928. The van der Waals surface area contributed by atoms with Crippen molar-refractivity contribution in [2.24, 2.45) is 5.73 Å². The Morgan fingerprint density at radius 2 is 1.96 bits per heavy atom. The van der Waals surface area contributed by atoms with Gasteiger partial charge >= 0.3 is 0 Å². The summed E-state index contributed by atoms with van der Waals surface area (Å²) in [4.78, 5) is 17.0. The largest absolute Gasteiger partial charge is 0.326 e. The summed E-state index contributed by atoms with van der Waals surface area (Å²) in [5.41, 5.74) is 10.5. The van der Waals surface area contributed by atoms with Gasteiger partial charge in [-0.2, -0.15) is 0 Å². The van der Waals surface area contributed by atoms with Crippen molar-refractivity contribution >= 4 is 35.6 Å². The summed E-state index contributed by atoms with van der Waals surface area (Å²) < 4.78 is 0. The van der Waals surface area contributed by atoms with Crippen LogP contribution in [-0.2, 0) is 6.54 Å². The van der Waals surface area contributed by atoms with Crippen LogP contribution in [0.25, 0.3) is 11.3 Å². The van der Waals surface area contributed by atoms with Crippen LogP contribution in [0, 0.1) is 6.92 Å². The number of rotatable bonds is 4. The van der Waals surface area contributed by atoms with Crippen LogP contribution in [0.5, 0.6) is 0 Å². The molecule has 1 amide bonds. The van der Waals surface area contributed by atoms with E-state index < -0.39 is 0 Å². The van der Waals surface area contributed by atoms with Gasteiger partial charge in [0.15, 0.2) is 0 Å². The highest BCUT2D eigenvalue weighted by Crippen LogP contribution is 2.23. The molecule has 0 aliphatic carbocycles. The second-order valence-electron chi connectivity index (χ2n) is 5.75. The van der Waals surface area contributed by atoms with Gasteiger partial charge in [-0.25, -0.2) is 0 Å². The Labute approximate surface area is 163 Å². The van der Waals surface area contributed by atoms with Crippen molar-refractivity contribution in [2.75, 3.05) is 5.32 Å². The summed E-state index contributed by atoms with van der Waals surface area (Å²) in [6.07, 6.45) is 1.72. The maximum atomic E-state index is 12.6. The minimum absolute atomic E-state index is 0. The third-order valence-corrected chi connectivity index (χ3v) is 4.16.